The zero-order valence-corrected chi connectivity index (χ0v) is 16.7. The zero-order valence-electron chi connectivity index (χ0n) is 15.1. The van der Waals surface area contributed by atoms with Crippen molar-refractivity contribution in [2.45, 2.75) is 19.4 Å². The number of furan rings is 1. The lowest BCUT2D eigenvalue weighted by atomic mass is 10.0. The molecular weight excluding hydrogens is 422 g/mol. The second kappa shape index (κ2) is 6.79. The Labute approximate surface area is 170 Å². The van der Waals surface area contributed by atoms with Crippen LogP contribution in [0.3, 0.4) is 0 Å². The second-order valence-corrected chi connectivity index (χ2v) is 8.24. The van der Waals surface area contributed by atoms with Crippen molar-refractivity contribution in [2.24, 2.45) is 0 Å². The first kappa shape index (κ1) is 17.5. The smallest absolute Gasteiger partial charge is 0.232 e. The average Bonchev–Trinajstić information content (AvgIpc) is 3.38. The van der Waals surface area contributed by atoms with Crippen LogP contribution in [0.5, 0.6) is 11.5 Å². The van der Waals surface area contributed by atoms with Gasteiger partial charge < -0.3 is 19.2 Å². The van der Waals surface area contributed by atoms with Crippen molar-refractivity contribution in [1.29, 1.82) is 0 Å². The van der Waals surface area contributed by atoms with Gasteiger partial charge in [0.2, 0.25) is 5.78 Å². The third kappa shape index (κ3) is 3.02. The molecule has 28 heavy (non-hydrogen) atoms. The largest absolute Gasteiger partial charge is 0.872 e. The number of hydrogen-bond donors (Lipinski definition) is 1. The Bertz CT molecular complexity index is 1130. The van der Waals surface area contributed by atoms with E-state index in [9.17, 15) is 9.90 Å². The summed E-state index contributed by atoms with van der Waals surface area (Å²) in [5.74, 6) is 0.867. The molecule has 2 aromatic carbocycles. The van der Waals surface area contributed by atoms with Gasteiger partial charge in [-0.15, -0.1) is 0 Å². The van der Waals surface area contributed by atoms with Crippen molar-refractivity contribution < 1.29 is 24.0 Å². The lowest BCUT2D eigenvalue weighted by Gasteiger charge is -2.19. The van der Waals surface area contributed by atoms with Crippen LogP contribution in [0.1, 0.15) is 34.5 Å². The first-order valence-corrected chi connectivity index (χ1v) is 10.2. The van der Waals surface area contributed by atoms with Crippen molar-refractivity contribution in [3.8, 4) is 11.5 Å². The van der Waals surface area contributed by atoms with Crippen LogP contribution in [0.2, 0.25) is 0 Å². The molecule has 5 rings (SSSR count). The summed E-state index contributed by atoms with van der Waals surface area (Å²) in [5, 5.41) is 13.4. The number of likely N-dealkylation sites (tertiary alicyclic amines) is 1. The maximum absolute atomic E-state index is 12.8. The molecule has 1 saturated heterocycles. The Hall–Kier alpha value is -2.57. The monoisotopic (exact) mass is 439 g/mol. The van der Waals surface area contributed by atoms with Gasteiger partial charge >= 0.3 is 0 Å². The van der Waals surface area contributed by atoms with Crippen LogP contribution in [0, 0.1) is 0 Å². The van der Waals surface area contributed by atoms with Crippen LogP contribution in [-0.4, -0.2) is 18.9 Å². The highest BCUT2D eigenvalue weighted by atomic mass is 79.9. The van der Waals surface area contributed by atoms with Crippen LogP contribution in [-0.2, 0) is 6.54 Å². The van der Waals surface area contributed by atoms with E-state index in [4.69, 9.17) is 9.15 Å². The van der Waals surface area contributed by atoms with Gasteiger partial charge in [0.15, 0.2) is 5.76 Å². The van der Waals surface area contributed by atoms with E-state index in [1.54, 1.807) is 12.1 Å². The highest BCUT2D eigenvalue weighted by Crippen LogP contribution is 2.38. The molecule has 0 aliphatic carbocycles. The van der Waals surface area contributed by atoms with E-state index in [2.05, 4.69) is 15.9 Å². The molecule has 3 heterocycles. The maximum atomic E-state index is 12.8. The summed E-state index contributed by atoms with van der Waals surface area (Å²) >= 11 is 3.44. The van der Waals surface area contributed by atoms with E-state index in [-0.39, 0.29) is 17.3 Å². The summed E-state index contributed by atoms with van der Waals surface area (Å²) in [5.41, 5.74) is 1.79. The van der Waals surface area contributed by atoms with Gasteiger partial charge in [-0.25, -0.2) is 0 Å². The molecule has 0 spiro atoms. The molecule has 1 N–H and O–H groups in total. The Balaban J connectivity index is 1.50. The molecule has 2 aliphatic rings. The van der Waals surface area contributed by atoms with Gasteiger partial charge in [0, 0.05) is 34.3 Å². The fourth-order valence-corrected chi connectivity index (χ4v) is 4.37. The van der Waals surface area contributed by atoms with E-state index in [1.165, 1.54) is 23.8 Å². The number of nitrogens with one attached hydrogen (secondary N) is 1. The van der Waals surface area contributed by atoms with Crippen molar-refractivity contribution in [1.82, 2.24) is 0 Å². The number of quaternary nitrogens is 1. The number of carbonyl (C=O) groups is 1. The Morgan fingerprint density at radius 1 is 1.14 bits per heavy atom. The predicted molar refractivity (Wildman–Crippen MR) is 106 cm³/mol. The first-order chi connectivity index (χ1) is 13.6. The topological polar surface area (TPSA) is 66.9 Å². The summed E-state index contributed by atoms with van der Waals surface area (Å²) in [6.45, 7) is 2.70. The number of allylic oxidation sites excluding steroid dienone is 1. The fourth-order valence-electron chi connectivity index (χ4n) is 3.99. The standard InChI is InChI=1S/C22H18BrNO4/c23-14-3-6-19-13(9-14)10-15(27-19)11-20-21(26)16-4-5-18(25)17(22(16)28-20)12-24-7-1-2-8-24/h3-6,9-11,25H,1-2,7-8,12H2. The normalized spacial score (nSPS) is 18.2. The number of halogens is 1. The summed E-state index contributed by atoms with van der Waals surface area (Å²) in [7, 11) is 0. The number of fused-ring (bicyclic) bond motifs is 2. The number of benzene rings is 2. The SMILES string of the molecule is O=C1C(=Cc2cc3cc(Br)ccc3o2)Oc2c1ccc([O-])c2C[NH+]1CCCC1. The molecule has 0 radical (unpaired) electrons. The number of rotatable bonds is 3. The summed E-state index contributed by atoms with van der Waals surface area (Å²) in [6, 6.07) is 10.6. The third-order valence-electron chi connectivity index (χ3n) is 5.41. The number of ketones is 1. The van der Waals surface area contributed by atoms with Crippen molar-refractivity contribution in [2.75, 3.05) is 13.1 Å². The lowest BCUT2D eigenvalue weighted by molar-refractivity contribution is -0.901. The maximum Gasteiger partial charge on any atom is 0.232 e. The molecule has 1 aromatic heterocycles. The molecule has 3 aromatic rings. The molecular formula is C22H18BrNO4. The number of ether oxygens (including phenoxy) is 1. The minimum Gasteiger partial charge on any atom is -0.872 e. The minimum absolute atomic E-state index is 0.0687. The van der Waals surface area contributed by atoms with Crippen molar-refractivity contribution in [3.63, 3.8) is 0 Å². The van der Waals surface area contributed by atoms with Gasteiger partial charge in [-0.2, -0.15) is 0 Å². The Morgan fingerprint density at radius 3 is 2.79 bits per heavy atom. The van der Waals surface area contributed by atoms with E-state index in [1.807, 2.05) is 24.3 Å². The number of Topliss-reactive ketones (excluding diaryl/α,β-unsaturated/α-hetero) is 1. The summed E-state index contributed by atoms with van der Waals surface area (Å²) in [6.07, 6.45) is 3.95. The summed E-state index contributed by atoms with van der Waals surface area (Å²) < 4.78 is 12.6. The number of carbonyl (C=O) groups excluding carboxylic acids is 1. The van der Waals surface area contributed by atoms with Crippen molar-refractivity contribution in [3.05, 3.63) is 63.5 Å². The third-order valence-corrected chi connectivity index (χ3v) is 5.90. The second-order valence-electron chi connectivity index (χ2n) is 7.32. The van der Waals surface area contributed by atoms with Gasteiger partial charge in [0.1, 0.15) is 23.6 Å². The molecule has 0 unspecified atom stereocenters. The van der Waals surface area contributed by atoms with Crippen molar-refractivity contribution >= 4 is 38.8 Å². The van der Waals surface area contributed by atoms with Gasteiger partial charge in [-0.1, -0.05) is 27.7 Å². The van der Waals surface area contributed by atoms with Crippen LogP contribution >= 0.6 is 15.9 Å². The summed E-state index contributed by atoms with van der Waals surface area (Å²) in [4.78, 5) is 14.2. The van der Waals surface area contributed by atoms with Gasteiger partial charge in [0.05, 0.1) is 18.7 Å². The van der Waals surface area contributed by atoms with Crippen LogP contribution in [0.25, 0.3) is 17.0 Å². The van der Waals surface area contributed by atoms with Crippen LogP contribution < -0.4 is 14.7 Å². The highest BCUT2D eigenvalue weighted by Gasteiger charge is 2.31. The number of hydrogen-bond acceptors (Lipinski definition) is 4. The molecule has 5 nitrogen and oxygen atoms in total. The molecule has 142 valence electrons. The van der Waals surface area contributed by atoms with E-state index < -0.39 is 0 Å². The molecule has 2 aliphatic heterocycles. The molecule has 6 heteroatoms. The fraction of sp³-hybridized carbons (Fsp3) is 0.227. The lowest BCUT2D eigenvalue weighted by Crippen LogP contribution is -3.08. The van der Waals surface area contributed by atoms with Gasteiger partial charge in [0.25, 0.3) is 0 Å². The predicted octanol–water partition coefficient (Wildman–Crippen LogP) is 3.06. The molecule has 0 atom stereocenters. The average molecular weight is 440 g/mol. The minimum atomic E-state index is -0.214. The van der Waals surface area contributed by atoms with Gasteiger partial charge in [-0.3, -0.25) is 4.79 Å². The quantitative estimate of drug-likeness (QED) is 0.636. The van der Waals surface area contributed by atoms with Gasteiger partial charge in [-0.05, 0) is 30.3 Å². The van der Waals surface area contributed by atoms with E-state index in [0.717, 1.165) is 28.5 Å². The molecule has 0 saturated carbocycles. The van der Waals surface area contributed by atoms with Crippen LogP contribution in [0.4, 0.5) is 0 Å². The molecule has 1 fully saturated rings. The van der Waals surface area contributed by atoms with E-state index in [0.29, 0.717) is 29.2 Å². The first-order valence-electron chi connectivity index (χ1n) is 9.38. The van der Waals surface area contributed by atoms with E-state index >= 15 is 0 Å². The Morgan fingerprint density at radius 2 is 1.96 bits per heavy atom. The highest BCUT2D eigenvalue weighted by molar-refractivity contribution is 9.10. The molecule has 0 bridgehead atoms. The molecule has 0 amide bonds. The zero-order chi connectivity index (χ0) is 19.3. The Kier molecular flexibility index (Phi) is 4.25. The van der Waals surface area contributed by atoms with Crippen LogP contribution in [0.15, 0.2) is 51.0 Å².